The van der Waals surface area contributed by atoms with Gasteiger partial charge in [-0.1, -0.05) is 6.92 Å². The van der Waals surface area contributed by atoms with E-state index in [0.29, 0.717) is 23.5 Å². The summed E-state index contributed by atoms with van der Waals surface area (Å²) in [5, 5.41) is 34.3. The van der Waals surface area contributed by atoms with Crippen molar-refractivity contribution in [1.82, 2.24) is 24.5 Å². The van der Waals surface area contributed by atoms with E-state index in [1.807, 2.05) is 18.2 Å². The lowest BCUT2D eigenvalue weighted by Gasteiger charge is -2.16. The average Bonchev–Trinajstić information content (AvgIpc) is 3.53. The van der Waals surface area contributed by atoms with E-state index < -0.39 is 31.1 Å². The zero-order chi connectivity index (χ0) is 23.8. The predicted octanol–water partition coefficient (Wildman–Crippen LogP) is 1.14. The van der Waals surface area contributed by atoms with Crippen LogP contribution in [0.1, 0.15) is 24.4 Å². The second-order valence-electron chi connectivity index (χ2n) is 8.30. The van der Waals surface area contributed by atoms with Crippen LogP contribution in [0.2, 0.25) is 0 Å². The molecule has 4 atom stereocenters. The Labute approximate surface area is 195 Å². The highest BCUT2D eigenvalue weighted by Crippen LogP contribution is 2.32. The number of methoxy groups -OCH3 is 1. The molecular formula is C23H28N6O5. The molecule has 1 aliphatic rings. The van der Waals surface area contributed by atoms with Gasteiger partial charge in [-0.15, -0.1) is 0 Å². The molecule has 4 aromatic rings. The highest BCUT2D eigenvalue weighted by molar-refractivity contribution is 5.86. The number of nitrogens with zero attached hydrogens (tertiary/aromatic N) is 4. The number of rotatable bonds is 8. The molecule has 1 aromatic carbocycles. The molecule has 0 aliphatic carbocycles. The molecule has 0 spiro atoms. The van der Waals surface area contributed by atoms with Gasteiger partial charge in [0.1, 0.15) is 30.4 Å². The van der Waals surface area contributed by atoms with E-state index in [1.165, 1.54) is 23.9 Å². The van der Waals surface area contributed by atoms with E-state index in [-0.39, 0.29) is 0 Å². The number of fused-ring (bicyclic) bond motifs is 2. The zero-order valence-electron chi connectivity index (χ0n) is 19.0. The number of benzene rings is 1. The lowest BCUT2D eigenvalue weighted by Crippen LogP contribution is -2.33. The predicted molar refractivity (Wildman–Crippen MR) is 125 cm³/mol. The van der Waals surface area contributed by atoms with Crippen molar-refractivity contribution in [3.8, 4) is 5.75 Å². The van der Waals surface area contributed by atoms with Crippen molar-refractivity contribution in [3.63, 3.8) is 0 Å². The van der Waals surface area contributed by atoms with Crippen molar-refractivity contribution in [1.29, 1.82) is 0 Å². The standard InChI is InChI=1S/C23H28N6O5/c1-3-15-13(14-8-12(33-2)4-5-16(14)28-15)6-7-24-21-18-22(26-10-25-21)29(11-27-18)23-20(32)19(31)17(9-30)34-23/h4-5,8,10-11,17,19-20,23,28,30-32H,3,6-7,9H2,1-2H3,(H,24,25,26)/t17-,19-,20-,23-/m1/s1. The fraction of sp³-hybridized carbons (Fsp3) is 0.435. The Kier molecular flexibility index (Phi) is 6.09. The van der Waals surface area contributed by atoms with Crippen LogP contribution in [0.3, 0.4) is 0 Å². The first-order valence-electron chi connectivity index (χ1n) is 11.3. The molecule has 1 aliphatic heterocycles. The molecule has 3 aromatic heterocycles. The number of hydrogen-bond acceptors (Lipinski definition) is 9. The van der Waals surface area contributed by atoms with Crippen LogP contribution < -0.4 is 10.1 Å². The molecule has 0 radical (unpaired) electrons. The number of ether oxygens (including phenoxy) is 2. The molecule has 0 saturated carbocycles. The molecule has 180 valence electrons. The largest absolute Gasteiger partial charge is 0.497 e. The number of hydrogen-bond donors (Lipinski definition) is 5. The van der Waals surface area contributed by atoms with Crippen LogP contribution >= 0.6 is 0 Å². The van der Waals surface area contributed by atoms with Gasteiger partial charge < -0.3 is 35.1 Å². The van der Waals surface area contributed by atoms with Gasteiger partial charge in [0.05, 0.1) is 20.0 Å². The zero-order valence-corrected chi connectivity index (χ0v) is 19.0. The van der Waals surface area contributed by atoms with Gasteiger partial charge in [0, 0.05) is 23.1 Å². The molecule has 34 heavy (non-hydrogen) atoms. The highest BCUT2D eigenvalue weighted by Gasteiger charge is 2.44. The number of aromatic nitrogens is 5. The lowest BCUT2D eigenvalue weighted by molar-refractivity contribution is -0.0511. The third-order valence-corrected chi connectivity index (χ3v) is 6.37. The molecule has 5 rings (SSSR count). The van der Waals surface area contributed by atoms with E-state index >= 15 is 0 Å². The molecule has 5 N–H and O–H groups in total. The summed E-state index contributed by atoms with van der Waals surface area (Å²) in [4.78, 5) is 16.5. The second kappa shape index (κ2) is 9.18. The van der Waals surface area contributed by atoms with Crippen LogP contribution in [0.5, 0.6) is 5.75 Å². The maximum Gasteiger partial charge on any atom is 0.167 e. The van der Waals surface area contributed by atoms with Gasteiger partial charge in [0.15, 0.2) is 23.2 Å². The van der Waals surface area contributed by atoms with Crippen molar-refractivity contribution in [3.05, 3.63) is 42.1 Å². The lowest BCUT2D eigenvalue weighted by atomic mass is 10.1. The Balaban J connectivity index is 1.37. The van der Waals surface area contributed by atoms with Crippen molar-refractivity contribution in [2.45, 2.75) is 44.3 Å². The highest BCUT2D eigenvalue weighted by atomic mass is 16.6. The van der Waals surface area contributed by atoms with E-state index in [0.717, 1.165) is 29.5 Å². The molecular weight excluding hydrogens is 440 g/mol. The van der Waals surface area contributed by atoms with E-state index in [2.05, 4.69) is 32.2 Å². The van der Waals surface area contributed by atoms with E-state index in [4.69, 9.17) is 9.47 Å². The average molecular weight is 469 g/mol. The van der Waals surface area contributed by atoms with Gasteiger partial charge in [0.25, 0.3) is 0 Å². The smallest absolute Gasteiger partial charge is 0.167 e. The molecule has 1 fully saturated rings. The topological polar surface area (TPSA) is 151 Å². The Hall–Kier alpha value is -3.25. The minimum absolute atomic E-state index is 0.400. The summed E-state index contributed by atoms with van der Waals surface area (Å²) in [6.45, 7) is 2.34. The van der Waals surface area contributed by atoms with Crippen molar-refractivity contribution in [2.24, 2.45) is 0 Å². The Bertz CT molecular complexity index is 1300. The minimum atomic E-state index is -1.22. The van der Waals surface area contributed by atoms with Crippen LogP contribution in [0.4, 0.5) is 5.82 Å². The van der Waals surface area contributed by atoms with Crippen molar-refractivity contribution < 1.29 is 24.8 Å². The second-order valence-corrected chi connectivity index (χ2v) is 8.30. The molecule has 0 bridgehead atoms. The number of H-pyrrole nitrogens is 1. The third kappa shape index (κ3) is 3.76. The van der Waals surface area contributed by atoms with Gasteiger partial charge >= 0.3 is 0 Å². The van der Waals surface area contributed by atoms with Gasteiger partial charge in [-0.2, -0.15) is 0 Å². The summed E-state index contributed by atoms with van der Waals surface area (Å²) < 4.78 is 12.6. The fourth-order valence-corrected chi connectivity index (χ4v) is 4.58. The number of aromatic amines is 1. The normalized spacial score (nSPS) is 22.6. The Morgan fingerprint density at radius 1 is 1.21 bits per heavy atom. The Morgan fingerprint density at radius 3 is 2.79 bits per heavy atom. The molecule has 11 heteroatoms. The van der Waals surface area contributed by atoms with E-state index in [1.54, 1.807) is 11.7 Å². The fourth-order valence-electron chi connectivity index (χ4n) is 4.58. The van der Waals surface area contributed by atoms with Crippen LogP contribution in [0.25, 0.3) is 22.1 Å². The van der Waals surface area contributed by atoms with Crippen LogP contribution in [-0.4, -0.2) is 78.4 Å². The number of anilines is 1. The number of nitrogens with one attached hydrogen (secondary N) is 2. The maximum atomic E-state index is 10.4. The SMILES string of the molecule is CCc1[nH]c2ccc(OC)cc2c1CCNc1ncnc2c1ncn2[C@@H]1O[C@H](CO)[C@@H](O)[C@H]1O. The molecule has 1 saturated heterocycles. The Morgan fingerprint density at radius 2 is 2.06 bits per heavy atom. The van der Waals surface area contributed by atoms with Gasteiger partial charge in [-0.25, -0.2) is 15.0 Å². The summed E-state index contributed by atoms with van der Waals surface area (Å²) >= 11 is 0. The van der Waals surface area contributed by atoms with Gasteiger partial charge in [0.2, 0.25) is 0 Å². The maximum absolute atomic E-state index is 10.4. The number of aliphatic hydroxyl groups excluding tert-OH is 3. The molecule has 0 unspecified atom stereocenters. The molecule has 4 heterocycles. The third-order valence-electron chi connectivity index (χ3n) is 6.37. The molecule has 11 nitrogen and oxygen atoms in total. The summed E-state index contributed by atoms with van der Waals surface area (Å²) in [6.07, 6.45) is 0.356. The number of aryl methyl sites for hydroxylation is 1. The first-order valence-corrected chi connectivity index (χ1v) is 11.3. The van der Waals surface area contributed by atoms with Crippen molar-refractivity contribution in [2.75, 3.05) is 25.6 Å². The van der Waals surface area contributed by atoms with Crippen LogP contribution in [0, 0.1) is 0 Å². The monoisotopic (exact) mass is 468 g/mol. The minimum Gasteiger partial charge on any atom is -0.497 e. The quantitative estimate of drug-likeness (QED) is 0.256. The first kappa shape index (κ1) is 22.5. The summed E-state index contributed by atoms with van der Waals surface area (Å²) in [5.74, 6) is 1.38. The summed E-state index contributed by atoms with van der Waals surface area (Å²) in [6, 6.07) is 6.02. The van der Waals surface area contributed by atoms with Crippen molar-refractivity contribution >= 4 is 27.9 Å². The van der Waals surface area contributed by atoms with E-state index in [9.17, 15) is 15.3 Å². The van der Waals surface area contributed by atoms with Gasteiger partial charge in [-0.05, 0) is 36.6 Å². The number of aliphatic hydroxyl groups is 3. The van der Waals surface area contributed by atoms with Crippen LogP contribution in [-0.2, 0) is 17.6 Å². The molecule has 0 amide bonds. The summed E-state index contributed by atoms with van der Waals surface area (Å²) in [7, 11) is 1.66. The van der Waals surface area contributed by atoms with Crippen LogP contribution in [0.15, 0.2) is 30.9 Å². The number of imidazole rings is 1. The van der Waals surface area contributed by atoms with Gasteiger partial charge in [-0.3, -0.25) is 4.57 Å². The first-order chi connectivity index (χ1) is 16.5. The summed E-state index contributed by atoms with van der Waals surface area (Å²) in [5.41, 5.74) is 4.47.